The molecular formula is C28H36F2O. The third-order valence-electron chi connectivity index (χ3n) is 6.44. The van der Waals surface area contributed by atoms with Crippen molar-refractivity contribution in [3.63, 3.8) is 0 Å². The van der Waals surface area contributed by atoms with Gasteiger partial charge in [0.05, 0.1) is 6.61 Å². The molecule has 0 aromatic heterocycles. The summed E-state index contributed by atoms with van der Waals surface area (Å²) in [5.41, 5.74) is 3.33. The van der Waals surface area contributed by atoms with Crippen molar-refractivity contribution in [3.05, 3.63) is 76.9 Å². The molecule has 0 spiro atoms. The number of halogens is 2. The Bertz CT molecular complexity index is 833. The van der Waals surface area contributed by atoms with Crippen molar-refractivity contribution in [2.75, 3.05) is 6.61 Å². The molecule has 1 aliphatic rings. The highest BCUT2D eigenvalue weighted by atomic mass is 19.2. The van der Waals surface area contributed by atoms with E-state index in [1.807, 2.05) is 0 Å². The van der Waals surface area contributed by atoms with E-state index in [0.717, 1.165) is 38.5 Å². The van der Waals surface area contributed by atoms with Crippen LogP contribution in [0.4, 0.5) is 8.78 Å². The van der Waals surface area contributed by atoms with Crippen molar-refractivity contribution in [3.8, 4) is 5.75 Å². The van der Waals surface area contributed by atoms with Crippen molar-refractivity contribution in [2.24, 2.45) is 5.92 Å². The molecule has 0 N–H and O–H groups in total. The van der Waals surface area contributed by atoms with Crippen molar-refractivity contribution in [2.45, 2.75) is 77.6 Å². The van der Waals surface area contributed by atoms with Crippen molar-refractivity contribution in [1.29, 1.82) is 0 Å². The third kappa shape index (κ3) is 6.66. The Morgan fingerprint density at radius 2 is 1.55 bits per heavy atom. The van der Waals surface area contributed by atoms with Gasteiger partial charge in [-0.05, 0) is 92.9 Å². The molecule has 0 bridgehead atoms. The van der Waals surface area contributed by atoms with Gasteiger partial charge in [-0.25, -0.2) is 4.39 Å². The molecule has 2 aromatic carbocycles. The summed E-state index contributed by atoms with van der Waals surface area (Å²) in [6, 6.07) is 12.3. The summed E-state index contributed by atoms with van der Waals surface area (Å²) in [5, 5.41) is 0. The summed E-state index contributed by atoms with van der Waals surface area (Å²) in [5.74, 6) is -0.925. The standard InChI is InChI=1S/C28H36F2O/c1-3-5-8-21-11-13-22(14-12-21)9-6-7-10-23-15-17-24(18-16-23)25-19-20-26(31-4-2)28(30)27(25)29/h7,10-14,19-20,23-24H,3-6,8-9,15-18H2,1-2H3. The second-order valence-corrected chi connectivity index (χ2v) is 8.71. The molecule has 2 aromatic rings. The maximum absolute atomic E-state index is 14.5. The highest BCUT2D eigenvalue weighted by molar-refractivity contribution is 5.33. The first-order chi connectivity index (χ1) is 15.1. The first kappa shape index (κ1) is 23.5. The van der Waals surface area contributed by atoms with Crippen LogP contribution in [0.2, 0.25) is 0 Å². The molecule has 1 nitrogen and oxygen atoms in total. The Hall–Kier alpha value is -2.16. The Balaban J connectivity index is 1.44. The SMILES string of the molecule is CCCCc1ccc(CCC=CC2CCC(c3ccc(OCC)c(F)c3F)CC2)cc1. The summed E-state index contributed by atoms with van der Waals surface area (Å²) >= 11 is 0. The Labute approximate surface area is 186 Å². The lowest BCUT2D eigenvalue weighted by Gasteiger charge is -2.27. The molecule has 0 heterocycles. The Morgan fingerprint density at radius 1 is 0.871 bits per heavy atom. The van der Waals surface area contributed by atoms with E-state index in [2.05, 4.69) is 43.3 Å². The van der Waals surface area contributed by atoms with Gasteiger partial charge in [0.25, 0.3) is 0 Å². The van der Waals surface area contributed by atoms with E-state index in [0.29, 0.717) is 18.1 Å². The maximum atomic E-state index is 14.5. The van der Waals surface area contributed by atoms with E-state index in [4.69, 9.17) is 4.74 Å². The molecular weight excluding hydrogens is 390 g/mol. The number of hydrogen-bond donors (Lipinski definition) is 0. The molecule has 1 saturated carbocycles. The van der Waals surface area contributed by atoms with Crippen molar-refractivity contribution in [1.82, 2.24) is 0 Å². The fraction of sp³-hybridized carbons (Fsp3) is 0.500. The normalized spacial score (nSPS) is 19.1. The van der Waals surface area contributed by atoms with Crippen molar-refractivity contribution < 1.29 is 13.5 Å². The van der Waals surface area contributed by atoms with Gasteiger partial charge in [0.1, 0.15) is 0 Å². The molecule has 3 rings (SSSR count). The Kier molecular flexibility index (Phi) is 9.12. The summed E-state index contributed by atoms with van der Waals surface area (Å²) in [7, 11) is 0. The van der Waals surface area contributed by atoms with Crippen LogP contribution in [0.3, 0.4) is 0 Å². The number of ether oxygens (including phenoxy) is 1. The van der Waals surface area contributed by atoms with Gasteiger partial charge in [-0.3, -0.25) is 0 Å². The van der Waals surface area contributed by atoms with E-state index >= 15 is 0 Å². The quantitative estimate of drug-likeness (QED) is 0.348. The predicted octanol–water partition coefficient (Wildman–Crippen LogP) is 8.17. The molecule has 168 valence electrons. The number of allylic oxidation sites excluding steroid dienone is 2. The van der Waals surface area contributed by atoms with Crippen LogP contribution in [-0.4, -0.2) is 6.61 Å². The van der Waals surface area contributed by atoms with Gasteiger partial charge < -0.3 is 4.74 Å². The number of hydrogen-bond acceptors (Lipinski definition) is 1. The van der Waals surface area contributed by atoms with Crippen molar-refractivity contribution >= 4 is 0 Å². The molecule has 3 heteroatoms. The molecule has 1 fully saturated rings. The lowest BCUT2D eigenvalue weighted by Crippen LogP contribution is -2.14. The lowest BCUT2D eigenvalue weighted by atomic mass is 9.78. The van der Waals surface area contributed by atoms with Crippen LogP contribution in [0.25, 0.3) is 0 Å². The van der Waals surface area contributed by atoms with Crippen LogP contribution >= 0.6 is 0 Å². The molecule has 0 amide bonds. The van der Waals surface area contributed by atoms with E-state index in [1.54, 1.807) is 19.1 Å². The second-order valence-electron chi connectivity index (χ2n) is 8.71. The summed E-state index contributed by atoms with van der Waals surface area (Å²) in [6.07, 6.45) is 14.3. The maximum Gasteiger partial charge on any atom is 0.200 e. The minimum atomic E-state index is -0.847. The van der Waals surface area contributed by atoms with Gasteiger partial charge in [0, 0.05) is 0 Å². The van der Waals surface area contributed by atoms with Gasteiger partial charge in [0.2, 0.25) is 5.82 Å². The third-order valence-corrected chi connectivity index (χ3v) is 6.44. The minimum absolute atomic E-state index is 0.0102. The van der Waals surface area contributed by atoms with Gasteiger partial charge in [-0.1, -0.05) is 55.8 Å². The first-order valence-corrected chi connectivity index (χ1v) is 12.0. The van der Waals surface area contributed by atoms with Gasteiger partial charge >= 0.3 is 0 Å². The fourth-order valence-electron chi connectivity index (χ4n) is 4.54. The van der Waals surface area contributed by atoms with Crippen LogP contribution < -0.4 is 4.74 Å². The summed E-state index contributed by atoms with van der Waals surface area (Å²) in [6.45, 7) is 4.33. The molecule has 0 aliphatic heterocycles. The zero-order valence-corrected chi connectivity index (χ0v) is 19.0. The topological polar surface area (TPSA) is 9.23 Å². The molecule has 31 heavy (non-hydrogen) atoms. The zero-order valence-electron chi connectivity index (χ0n) is 19.0. The second kappa shape index (κ2) is 12.0. The molecule has 0 atom stereocenters. The first-order valence-electron chi connectivity index (χ1n) is 12.0. The van der Waals surface area contributed by atoms with Crippen LogP contribution in [0.1, 0.15) is 81.4 Å². The highest BCUT2D eigenvalue weighted by Gasteiger charge is 2.25. The van der Waals surface area contributed by atoms with Crippen LogP contribution in [0.5, 0.6) is 5.75 Å². The molecule has 0 radical (unpaired) electrons. The highest BCUT2D eigenvalue weighted by Crippen LogP contribution is 2.39. The monoisotopic (exact) mass is 426 g/mol. The number of unbranched alkanes of at least 4 members (excludes halogenated alkanes) is 1. The van der Waals surface area contributed by atoms with Gasteiger partial charge in [0.15, 0.2) is 11.6 Å². The number of benzene rings is 2. The summed E-state index contributed by atoms with van der Waals surface area (Å²) < 4.78 is 33.8. The average Bonchev–Trinajstić information content (AvgIpc) is 2.80. The van der Waals surface area contributed by atoms with E-state index < -0.39 is 11.6 Å². The smallest absolute Gasteiger partial charge is 0.200 e. The largest absolute Gasteiger partial charge is 0.491 e. The molecule has 1 aliphatic carbocycles. The minimum Gasteiger partial charge on any atom is -0.491 e. The zero-order chi connectivity index (χ0) is 22.1. The average molecular weight is 427 g/mol. The fourth-order valence-corrected chi connectivity index (χ4v) is 4.54. The number of rotatable bonds is 10. The van der Waals surface area contributed by atoms with Gasteiger partial charge in [-0.15, -0.1) is 0 Å². The Morgan fingerprint density at radius 3 is 2.19 bits per heavy atom. The molecule has 0 saturated heterocycles. The summed E-state index contributed by atoms with van der Waals surface area (Å²) in [4.78, 5) is 0. The van der Waals surface area contributed by atoms with E-state index in [-0.39, 0.29) is 11.7 Å². The number of aryl methyl sites for hydroxylation is 2. The predicted molar refractivity (Wildman–Crippen MR) is 125 cm³/mol. The van der Waals surface area contributed by atoms with E-state index in [9.17, 15) is 8.78 Å². The van der Waals surface area contributed by atoms with Gasteiger partial charge in [-0.2, -0.15) is 4.39 Å². The lowest BCUT2D eigenvalue weighted by molar-refractivity contribution is 0.310. The van der Waals surface area contributed by atoms with Crippen LogP contribution in [0, 0.1) is 17.6 Å². The van der Waals surface area contributed by atoms with Crippen LogP contribution in [-0.2, 0) is 12.8 Å². The van der Waals surface area contributed by atoms with Crippen LogP contribution in [0.15, 0.2) is 48.6 Å². The molecule has 0 unspecified atom stereocenters. The van der Waals surface area contributed by atoms with E-state index in [1.165, 1.54) is 30.4 Å².